The van der Waals surface area contributed by atoms with Crippen LogP contribution in [-0.4, -0.2) is 66.3 Å². The molecule has 486 valence electrons. The lowest BCUT2D eigenvalue weighted by Gasteiger charge is -2.44. The fourth-order valence-electron chi connectivity index (χ4n) is 13.4. The second kappa shape index (κ2) is 41.8. The Morgan fingerprint density at radius 1 is 0.393 bits per heavy atom. The van der Waals surface area contributed by atoms with Gasteiger partial charge in [-0.2, -0.15) is 29.9 Å². The molecule has 1 aliphatic carbocycles. The van der Waals surface area contributed by atoms with Gasteiger partial charge in [0, 0.05) is 24.5 Å². The van der Waals surface area contributed by atoms with Crippen LogP contribution in [-0.2, 0) is 12.8 Å². The first kappa shape index (κ1) is 70.1. The van der Waals surface area contributed by atoms with Crippen LogP contribution in [0.2, 0.25) is 0 Å². The molecule has 0 saturated heterocycles. The third-order valence-corrected chi connectivity index (χ3v) is 18.5. The maximum Gasteiger partial charge on any atom is 0.232 e. The molecule has 0 aliphatic heterocycles. The van der Waals surface area contributed by atoms with Gasteiger partial charge in [-0.05, 0) is 161 Å². The Bertz CT molecular complexity index is 2770. The summed E-state index contributed by atoms with van der Waals surface area (Å²) in [5, 5.41) is 40.6. The summed E-state index contributed by atoms with van der Waals surface area (Å²) in [4.78, 5) is 29.0. The number of hydrogen-bond acceptors (Lipinski definition) is 14. The van der Waals surface area contributed by atoms with E-state index in [-0.39, 0.29) is 23.6 Å². The van der Waals surface area contributed by atoms with Gasteiger partial charge in [0.05, 0.1) is 12.1 Å². The Morgan fingerprint density at radius 2 is 0.798 bits per heavy atom. The van der Waals surface area contributed by atoms with Crippen LogP contribution in [0, 0.1) is 23.7 Å². The molecule has 1 saturated carbocycles. The van der Waals surface area contributed by atoms with Crippen molar-refractivity contribution in [3.8, 4) is 11.5 Å². The molecule has 14 heteroatoms. The Labute approximate surface area is 536 Å². The molecule has 1 fully saturated rings. The summed E-state index contributed by atoms with van der Waals surface area (Å²) in [6.45, 7) is 12.2. The Morgan fingerprint density at radius 3 is 1.29 bits per heavy atom. The molecule has 1 aliphatic rings. The lowest BCUT2D eigenvalue weighted by Crippen LogP contribution is -2.35. The molecule has 4 aromatic carbocycles. The highest BCUT2D eigenvalue weighted by Crippen LogP contribution is 2.48. The zero-order chi connectivity index (χ0) is 62.4. The number of anilines is 6. The van der Waals surface area contributed by atoms with Crippen LogP contribution in [0.4, 0.5) is 35.2 Å². The van der Waals surface area contributed by atoms with Crippen molar-refractivity contribution in [1.29, 1.82) is 0 Å². The summed E-state index contributed by atoms with van der Waals surface area (Å²) < 4.78 is 0. The fourth-order valence-corrected chi connectivity index (χ4v) is 13.4. The highest BCUT2D eigenvalue weighted by atomic mass is 16.3. The zero-order valence-electron chi connectivity index (χ0n) is 55.2. The van der Waals surface area contributed by atoms with Gasteiger partial charge in [-0.1, -0.05) is 223 Å². The maximum atomic E-state index is 9.72. The number of rotatable bonds is 47. The van der Waals surface area contributed by atoms with Gasteiger partial charge in [0.25, 0.3) is 0 Å². The van der Waals surface area contributed by atoms with Gasteiger partial charge < -0.3 is 42.1 Å². The molecule has 2 aromatic heterocycles. The van der Waals surface area contributed by atoms with Crippen LogP contribution in [0.5, 0.6) is 11.5 Å². The standard InChI is InChI=1S/C75H114N12O2/c1-5-8-10-24-34-61-46-47-62(35-25-18-14-12-17-21-33-55-78-72-84-71(85-75(86-72)81-64-38-28-23-29-39-64)69(7-3)77-56-52-59-42-48-65(88)49-43-59)68(67(61)40-30-11-9-6-2)41-31-19-15-13-16-20-32-54-76-58(4)70-82-73(79-57-53-60-44-50-66(89)51-45-60)87-74(83-70)80-63-36-26-22-27-37-63/h22-23,26-29,36-39,42-45,48-51,58,61-62,67-69,76-77,88-89H,5-21,24-25,30-35,40-41,46-47,52-57H2,1-4H3,(H2,78,81,84,85,86)(H2,79,80,82,83,87). The predicted octanol–water partition coefficient (Wildman–Crippen LogP) is 19.1. The van der Waals surface area contributed by atoms with Gasteiger partial charge in [-0.15, -0.1) is 0 Å². The minimum absolute atomic E-state index is 0.0156. The number of hydrogen-bond donors (Lipinski definition) is 8. The molecule has 0 radical (unpaired) electrons. The van der Waals surface area contributed by atoms with Crippen molar-refractivity contribution in [3.05, 3.63) is 132 Å². The smallest absolute Gasteiger partial charge is 0.232 e. The predicted molar refractivity (Wildman–Crippen MR) is 372 cm³/mol. The molecule has 2 heterocycles. The molecule has 6 atom stereocenters. The Balaban J connectivity index is 0.819. The average molecular weight is 1220 g/mol. The van der Waals surface area contributed by atoms with E-state index in [4.69, 9.17) is 29.9 Å². The van der Waals surface area contributed by atoms with E-state index in [0.29, 0.717) is 30.3 Å². The quantitative estimate of drug-likeness (QED) is 0.0168. The van der Waals surface area contributed by atoms with Crippen molar-refractivity contribution < 1.29 is 10.2 Å². The number of para-hydroxylation sites is 2. The topological polar surface area (TPSA) is 190 Å². The van der Waals surface area contributed by atoms with Crippen LogP contribution >= 0.6 is 0 Å². The van der Waals surface area contributed by atoms with Crippen molar-refractivity contribution >= 4 is 35.2 Å². The first-order valence-electron chi connectivity index (χ1n) is 35.4. The summed E-state index contributed by atoms with van der Waals surface area (Å²) in [6.07, 6.45) is 40.6. The first-order valence-corrected chi connectivity index (χ1v) is 35.4. The lowest BCUT2D eigenvalue weighted by molar-refractivity contribution is 0.0581. The third kappa shape index (κ3) is 26.9. The minimum Gasteiger partial charge on any atom is -0.508 e. The van der Waals surface area contributed by atoms with E-state index >= 15 is 0 Å². The second-order valence-corrected chi connectivity index (χ2v) is 25.6. The summed E-state index contributed by atoms with van der Waals surface area (Å²) in [6, 6.07) is 34.9. The molecule has 0 bridgehead atoms. The average Bonchev–Trinajstić information content (AvgIpc) is 2.90. The normalized spacial score (nSPS) is 16.4. The SMILES string of the molecule is CCCCCCC1CCC(CCCCCCCCCNc2nc(Nc3ccccc3)nc(C(CC)NCCc3ccc(O)cc3)n2)C(CCCCCCCCCNC(C)c2nc(NCCc3ccc(O)cc3)nc(Nc3ccccc3)n2)C1CCCCCC. The number of phenols is 2. The highest BCUT2D eigenvalue weighted by molar-refractivity contribution is 5.55. The van der Waals surface area contributed by atoms with Gasteiger partial charge in [0.1, 0.15) is 11.5 Å². The molecule has 0 spiro atoms. The number of benzene rings is 4. The van der Waals surface area contributed by atoms with Crippen molar-refractivity contribution in [1.82, 2.24) is 40.5 Å². The number of aromatic hydroxyl groups is 2. The molecule has 6 aromatic rings. The summed E-state index contributed by atoms with van der Waals surface area (Å²) in [5.41, 5.74) is 4.19. The number of nitrogens with one attached hydrogen (secondary N) is 6. The molecule has 14 nitrogen and oxygen atoms in total. The van der Waals surface area contributed by atoms with Gasteiger partial charge >= 0.3 is 0 Å². The summed E-state index contributed by atoms with van der Waals surface area (Å²) >= 11 is 0. The van der Waals surface area contributed by atoms with E-state index < -0.39 is 0 Å². The molecule has 6 unspecified atom stereocenters. The van der Waals surface area contributed by atoms with Crippen LogP contribution in [0.3, 0.4) is 0 Å². The van der Waals surface area contributed by atoms with Crippen LogP contribution < -0.4 is 31.9 Å². The van der Waals surface area contributed by atoms with Crippen molar-refractivity contribution in [2.75, 3.05) is 47.4 Å². The molecular formula is C75H114N12O2. The number of nitrogens with zero attached hydrogens (tertiary/aromatic N) is 6. The lowest BCUT2D eigenvalue weighted by atomic mass is 9.61. The third-order valence-electron chi connectivity index (χ3n) is 18.5. The molecular weight excluding hydrogens is 1100 g/mol. The van der Waals surface area contributed by atoms with Gasteiger partial charge in [0.2, 0.25) is 23.8 Å². The van der Waals surface area contributed by atoms with Crippen molar-refractivity contribution in [3.63, 3.8) is 0 Å². The minimum atomic E-state index is -0.0188. The summed E-state index contributed by atoms with van der Waals surface area (Å²) in [5.74, 6) is 7.99. The molecule has 89 heavy (non-hydrogen) atoms. The summed E-state index contributed by atoms with van der Waals surface area (Å²) in [7, 11) is 0. The number of aromatic nitrogens is 6. The first-order chi connectivity index (χ1) is 43.8. The van der Waals surface area contributed by atoms with E-state index in [0.717, 1.165) is 104 Å². The second-order valence-electron chi connectivity index (χ2n) is 25.6. The fraction of sp³-hybridized carbons (Fsp3) is 0.600. The van der Waals surface area contributed by atoms with Gasteiger partial charge in [-0.25, -0.2) is 0 Å². The van der Waals surface area contributed by atoms with Gasteiger partial charge in [-0.3, -0.25) is 0 Å². The number of unbranched alkanes of at least 4 members (excludes halogenated alkanes) is 18. The van der Waals surface area contributed by atoms with Crippen molar-refractivity contribution in [2.45, 2.75) is 239 Å². The van der Waals surface area contributed by atoms with Crippen LogP contribution in [0.15, 0.2) is 109 Å². The van der Waals surface area contributed by atoms with E-state index in [1.54, 1.807) is 24.3 Å². The van der Waals surface area contributed by atoms with E-state index in [2.05, 4.69) is 59.6 Å². The maximum absolute atomic E-state index is 9.72. The Hall–Kier alpha value is -6.38. The highest BCUT2D eigenvalue weighted by Gasteiger charge is 2.38. The van der Waals surface area contributed by atoms with E-state index in [1.165, 1.54) is 173 Å². The monoisotopic (exact) mass is 1210 g/mol. The molecule has 8 N–H and O–H groups in total. The van der Waals surface area contributed by atoms with E-state index in [9.17, 15) is 10.2 Å². The molecule has 7 rings (SSSR count). The Kier molecular flexibility index (Phi) is 32.9. The van der Waals surface area contributed by atoms with Crippen LogP contribution in [0.25, 0.3) is 0 Å². The zero-order valence-corrected chi connectivity index (χ0v) is 55.2. The van der Waals surface area contributed by atoms with Crippen LogP contribution in [0.1, 0.15) is 249 Å². The largest absolute Gasteiger partial charge is 0.508 e. The van der Waals surface area contributed by atoms with Gasteiger partial charge in [0.15, 0.2) is 11.6 Å². The molecule has 0 amide bonds. The number of phenolic OH excluding ortho intramolecular Hbond substituents is 2. The van der Waals surface area contributed by atoms with E-state index in [1.807, 2.05) is 84.9 Å². The van der Waals surface area contributed by atoms with Crippen molar-refractivity contribution in [2.24, 2.45) is 23.7 Å².